The summed E-state index contributed by atoms with van der Waals surface area (Å²) < 4.78 is 20.5. The van der Waals surface area contributed by atoms with Gasteiger partial charge in [-0.1, -0.05) is 23.7 Å². The maximum absolute atomic E-state index is 14.5. The molecule has 0 radical (unpaired) electrons. The lowest BCUT2D eigenvalue weighted by Crippen LogP contribution is -2.54. The third kappa shape index (κ3) is 3.92. The third-order valence-corrected chi connectivity index (χ3v) is 6.06. The maximum atomic E-state index is 14.5. The van der Waals surface area contributed by atoms with Crippen LogP contribution in [-0.4, -0.2) is 69.4 Å². The van der Waals surface area contributed by atoms with Crippen molar-refractivity contribution in [2.24, 2.45) is 0 Å². The van der Waals surface area contributed by atoms with Gasteiger partial charge in [-0.15, -0.1) is 0 Å². The standard InChI is InChI=1S/C22H21ClFN5O5/c1-11-5-4-6-13(20(30)34-3)16(11)29-19-14(9-15(24)17(23)25-19)18(26-21(29)31)28-8-7-27(22(32)33)10-12(28)2/h4-6,9,12H,7-8,10H2,1-3H3,(H,32,33). The summed E-state index contributed by atoms with van der Waals surface area (Å²) in [5.74, 6) is -1.32. The second kappa shape index (κ2) is 8.90. The minimum atomic E-state index is -1.05. The van der Waals surface area contributed by atoms with Crippen LogP contribution in [0.5, 0.6) is 0 Å². The monoisotopic (exact) mass is 489 g/mol. The zero-order valence-electron chi connectivity index (χ0n) is 18.6. The molecular weight excluding hydrogens is 469 g/mol. The van der Waals surface area contributed by atoms with E-state index in [0.717, 1.165) is 10.6 Å². The van der Waals surface area contributed by atoms with Gasteiger partial charge in [-0.2, -0.15) is 4.98 Å². The molecule has 1 unspecified atom stereocenters. The number of piperazine rings is 1. The Kier molecular flexibility index (Phi) is 6.13. The van der Waals surface area contributed by atoms with E-state index in [4.69, 9.17) is 16.3 Å². The van der Waals surface area contributed by atoms with Gasteiger partial charge < -0.3 is 19.6 Å². The fourth-order valence-corrected chi connectivity index (χ4v) is 4.32. The van der Waals surface area contributed by atoms with Gasteiger partial charge in [-0.25, -0.2) is 28.3 Å². The highest BCUT2D eigenvalue weighted by Gasteiger charge is 2.30. The molecule has 1 aliphatic heterocycles. The van der Waals surface area contributed by atoms with Crippen molar-refractivity contribution in [3.8, 4) is 5.69 Å². The van der Waals surface area contributed by atoms with Crippen molar-refractivity contribution >= 4 is 40.5 Å². The average molecular weight is 490 g/mol. The van der Waals surface area contributed by atoms with Crippen LogP contribution in [0.4, 0.5) is 15.0 Å². The number of aryl methyl sites for hydroxylation is 1. The van der Waals surface area contributed by atoms with Crippen LogP contribution >= 0.6 is 11.6 Å². The summed E-state index contributed by atoms with van der Waals surface area (Å²) in [4.78, 5) is 48.5. The van der Waals surface area contributed by atoms with E-state index in [1.807, 2.05) is 0 Å². The number of aromatic nitrogens is 3. The summed E-state index contributed by atoms with van der Waals surface area (Å²) in [5.41, 5.74) is 0.110. The average Bonchev–Trinajstić information content (AvgIpc) is 2.80. The minimum Gasteiger partial charge on any atom is -0.465 e. The number of carbonyl (C=O) groups excluding carboxylic acids is 1. The molecule has 4 rings (SSSR count). The number of benzene rings is 1. The van der Waals surface area contributed by atoms with E-state index in [1.165, 1.54) is 18.1 Å². The van der Waals surface area contributed by atoms with Crippen LogP contribution in [-0.2, 0) is 4.74 Å². The lowest BCUT2D eigenvalue weighted by atomic mass is 10.1. The molecule has 0 saturated carbocycles. The number of hydrogen-bond acceptors (Lipinski definition) is 7. The molecule has 10 nitrogen and oxygen atoms in total. The molecule has 1 aliphatic rings. The van der Waals surface area contributed by atoms with E-state index in [1.54, 1.807) is 30.9 Å². The Balaban J connectivity index is 2.00. The molecule has 0 bridgehead atoms. The third-order valence-electron chi connectivity index (χ3n) is 5.80. The van der Waals surface area contributed by atoms with Crippen molar-refractivity contribution in [3.05, 3.63) is 56.8 Å². The summed E-state index contributed by atoms with van der Waals surface area (Å²) in [6.45, 7) is 4.08. The number of carboxylic acid groups (broad SMARTS) is 1. The first-order chi connectivity index (χ1) is 16.1. The molecule has 1 aromatic carbocycles. The van der Waals surface area contributed by atoms with E-state index in [9.17, 15) is 23.9 Å². The van der Waals surface area contributed by atoms with Gasteiger partial charge >= 0.3 is 17.8 Å². The number of para-hydroxylation sites is 1. The first-order valence-electron chi connectivity index (χ1n) is 10.4. The number of halogens is 2. The van der Waals surface area contributed by atoms with Crippen LogP contribution in [0.15, 0.2) is 29.1 Å². The molecule has 12 heteroatoms. The van der Waals surface area contributed by atoms with Gasteiger partial charge in [0.2, 0.25) is 0 Å². The summed E-state index contributed by atoms with van der Waals surface area (Å²) in [6.07, 6.45) is -1.05. The van der Waals surface area contributed by atoms with Crippen molar-refractivity contribution in [1.82, 2.24) is 19.4 Å². The number of anilines is 1. The SMILES string of the molecule is COC(=O)c1cccc(C)c1-n1c(=O)nc(N2CCN(C(=O)O)CC2C)c2cc(F)c(Cl)nc21. The maximum Gasteiger partial charge on any atom is 0.407 e. The molecule has 2 aromatic heterocycles. The molecule has 1 fully saturated rings. The molecule has 34 heavy (non-hydrogen) atoms. The first kappa shape index (κ1) is 23.4. The predicted molar refractivity (Wildman–Crippen MR) is 123 cm³/mol. The largest absolute Gasteiger partial charge is 0.465 e. The Morgan fingerprint density at radius 3 is 2.65 bits per heavy atom. The van der Waals surface area contributed by atoms with E-state index in [-0.39, 0.29) is 53.8 Å². The van der Waals surface area contributed by atoms with Gasteiger partial charge in [-0.05, 0) is 31.5 Å². The number of nitrogens with zero attached hydrogens (tertiary/aromatic N) is 5. The molecule has 1 atom stereocenters. The molecule has 1 saturated heterocycles. The highest BCUT2D eigenvalue weighted by atomic mass is 35.5. The zero-order chi connectivity index (χ0) is 24.7. The van der Waals surface area contributed by atoms with Gasteiger partial charge in [0.1, 0.15) is 5.82 Å². The highest BCUT2D eigenvalue weighted by molar-refractivity contribution is 6.30. The Bertz CT molecular complexity index is 1380. The van der Waals surface area contributed by atoms with E-state index in [0.29, 0.717) is 5.56 Å². The van der Waals surface area contributed by atoms with Crippen LogP contribution in [0.3, 0.4) is 0 Å². The molecule has 1 N–H and O–H groups in total. The minimum absolute atomic E-state index is 0.00807. The molecule has 0 spiro atoms. The quantitative estimate of drug-likeness (QED) is 0.441. The van der Waals surface area contributed by atoms with Crippen molar-refractivity contribution < 1.29 is 23.8 Å². The number of fused-ring (bicyclic) bond motifs is 1. The number of hydrogen-bond donors (Lipinski definition) is 1. The molecule has 3 aromatic rings. The van der Waals surface area contributed by atoms with E-state index in [2.05, 4.69) is 9.97 Å². The summed E-state index contributed by atoms with van der Waals surface area (Å²) in [6, 6.07) is 5.63. The van der Waals surface area contributed by atoms with Crippen molar-refractivity contribution in [2.45, 2.75) is 19.9 Å². The van der Waals surface area contributed by atoms with Gasteiger partial charge in [-0.3, -0.25) is 0 Å². The Hall–Kier alpha value is -3.73. The predicted octanol–water partition coefficient (Wildman–Crippen LogP) is 2.86. The van der Waals surface area contributed by atoms with Gasteiger partial charge in [0, 0.05) is 25.7 Å². The zero-order valence-corrected chi connectivity index (χ0v) is 19.3. The first-order valence-corrected chi connectivity index (χ1v) is 10.7. The van der Waals surface area contributed by atoms with Crippen molar-refractivity contribution in [3.63, 3.8) is 0 Å². The van der Waals surface area contributed by atoms with Crippen LogP contribution < -0.4 is 10.6 Å². The number of ether oxygens (including phenoxy) is 1. The van der Waals surface area contributed by atoms with Crippen molar-refractivity contribution in [2.75, 3.05) is 31.6 Å². The van der Waals surface area contributed by atoms with Gasteiger partial charge in [0.15, 0.2) is 16.6 Å². The number of rotatable bonds is 3. The lowest BCUT2D eigenvalue weighted by Gasteiger charge is -2.39. The number of carbonyl (C=O) groups is 2. The van der Waals surface area contributed by atoms with Crippen LogP contribution in [0.2, 0.25) is 5.15 Å². The van der Waals surface area contributed by atoms with Crippen LogP contribution in [0.1, 0.15) is 22.8 Å². The Labute approximate surface area is 198 Å². The molecule has 1 amide bonds. The topological polar surface area (TPSA) is 118 Å². The molecular formula is C22H21ClFN5O5. The van der Waals surface area contributed by atoms with Gasteiger partial charge in [0.25, 0.3) is 0 Å². The summed E-state index contributed by atoms with van der Waals surface area (Å²) in [5, 5.41) is 9.04. The van der Waals surface area contributed by atoms with E-state index < -0.39 is 28.7 Å². The Morgan fingerprint density at radius 2 is 2.00 bits per heavy atom. The summed E-state index contributed by atoms with van der Waals surface area (Å²) >= 11 is 5.99. The van der Waals surface area contributed by atoms with Crippen LogP contribution in [0, 0.1) is 12.7 Å². The molecule has 3 heterocycles. The Morgan fingerprint density at radius 1 is 1.26 bits per heavy atom. The smallest absolute Gasteiger partial charge is 0.407 e. The number of pyridine rings is 1. The lowest BCUT2D eigenvalue weighted by molar-refractivity contribution is 0.0600. The molecule has 178 valence electrons. The number of amides is 1. The highest BCUT2D eigenvalue weighted by Crippen LogP contribution is 2.31. The van der Waals surface area contributed by atoms with E-state index >= 15 is 0 Å². The van der Waals surface area contributed by atoms with Crippen molar-refractivity contribution in [1.29, 1.82) is 0 Å². The fourth-order valence-electron chi connectivity index (χ4n) is 4.18. The fraction of sp³-hybridized carbons (Fsp3) is 0.318. The van der Waals surface area contributed by atoms with Gasteiger partial charge in [0.05, 0.1) is 23.7 Å². The number of esters is 1. The normalized spacial score (nSPS) is 16.1. The number of methoxy groups -OCH3 is 1. The molecule has 0 aliphatic carbocycles. The second-order valence-corrected chi connectivity index (χ2v) is 8.28. The second-order valence-electron chi connectivity index (χ2n) is 7.92. The summed E-state index contributed by atoms with van der Waals surface area (Å²) in [7, 11) is 1.22. The van der Waals surface area contributed by atoms with Crippen LogP contribution in [0.25, 0.3) is 16.7 Å².